The van der Waals surface area contributed by atoms with E-state index in [4.69, 9.17) is 9.47 Å². The van der Waals surface area contributed by atoms with Crippen LogP contribution in [0.15, 0.2) is 22.7 Å². The molecule has 1 aliphatic heterocycles. The summed E-state index contributed by atoms with van der Waals surface area (Å²) in [7, 11) is 0. The summed E-state index contributed by atoms with van der Waals surface area (Å²) in [6.45, 7) is 6.19. The zero-order valence-corrected chi connectivity index (χ0v) is 13.8. The first-order valence-corrected chi connectivity index (χ1v) is 7.25. The molecule has 114 valence electrons. The van der Waals surface area contributed by atoms with Gasteiger partial charge in [-0.1, -0.05) is 35.8 Å². The third-order valence-corrected chi connectivity index (χ3v) is 4.00. The van der Waals surface area contributed by atoms with Crippen molar-refractivity contribution < 1.29 is 23.5 Å². The van der Waals surface area contributed by atoms with Gasteiger partial charge in [0.25, 0.3) is 5.79 Å². The second-order valence-corrected chi connectivity index (χ2v) is 6.94. The highest BCUT2D eigenvalue weighted by Crippen LogP contribution is 2.39. The monoisotopic (exact) mass is 358 g/mol. The number of esters is 2. The van der Waals surface area contributed by atoms with Gasteiger partial charge in [0.05, 0.1) is 0 Å². The van der Waals surface area contributed by atoms with E-state index in [1.165, 1.54) is 19.9 Å². The molecule has 1 fully saturated rings. The zero-order valence-electron chi connectivity index (χ0n) is 12.2. The normalized spacial score (nSPS) is 19.1. The average molecular weight is 359 g/mol. The Morgan fingerprint density at radius 3 is 2.19 bits per heavy atom. The van der Waals surface area contributed by atoms with Gasteiger partial charge >= 0.3 is 11.9 Å². The minimum atomic E-state index is -1.29. The maximum atomic E-state index is 14.2. The van der Waals surface area contributed by atoms with Crippen LogP contribution < -0.4 is 0 Å². The molecule has 1 heterocycles. The molecular weight excluding hydrogens is 343 g/mol. The molecule has 1 aromatic carbocycles. The van der Waals surface area contributed by atoms with Gasteiger partial charge in [-0.2, -0.15) is 0 Å². The number of rotatable bonds is 2. The summed E-state index contributed by atoms with van der Waals surface area (Å²) < 4.78 is 25.0. The van der Waals surface area contributed by atoms with Gasteiger partial charge in [0, 0.05) is 23.7 Å². The first-order valence-electron chi connectivity index (χ1n) is 6.46. The smallest absolute Gasteiger partial charge is 0.324 e. The minimum Gasteiger partial charge on any atom is -0.422 e. The quantitative estimate of drug-likeness (QED) is 0.601. The Balaban J connectivity index is 2.43. The maximum absolute atomic E-state index is 14.2. The van der Waals surface area contributed by atoms with Gasteiger partial charge in [0.1, 0.15) is 5.82 Å². The van der Waals surface area contributed by atoms with Crippen molar-refractivity contribution in [3.05, 3.63) is 34.1 Å². The molecule has 0 unspecified atom stereocenters. The fraction of sp³-hybridized carbons (Fsp3) is 0.467. The van der Waals surface area contributed by atoms with Gasteiger partial charge in [0.2, 0.25) is 0 Å². The van der Waals surface area contributed by atoms with Crippen LogP contribution in [0.25, 0.3) is 0 Å². The summed E-state index contributed by atoms with van der Waals surface area (Å²) in [5, 5.41) is 0. The number of ether oxygens (including phenoxy) is 2. The molecule has 4 nitrogen and oxygen atoms in total. The predicted molar refractivity (Wildman–Crippen MR) is 76.9 cm³/mol. The molecule has 0 bridgehead atoms. The Labute approximate surface area is 130 Å². The topological polar surface area (TPSA) is 52.6 Å². The molecule has 0 aliphatic carbocycles. The van der Waals surface area contributed by atoms with Crippen LogP contribution in [0.1, 0.15) is 33.3 Å². The van der Waals surface area contributed by atoms with E-state index in [0.29, 0.717) is 4.47 Å². The largest absolute Gasteiger partial charge is 0.422 e. The van der Waals surface area contributed by atoms with E-state index in [0.717, 1.165) is 0 Å². The average Bonchev–Trinajstić information content (AvgIpc) is 2.24. The molecule has 1 aliphatic rings. The van der Waals surface area contributed by atoms with Crippen molar-refractivity contribution in [2.45, 2.75) is 38.9 Å². The van der Waals surface area contributed by atoms with E-state index in [-0.39, 0.29) is 5.56 Å². The van der Waals surface area contributed by atoms with Crippen molar-refractivity contribution in [2.24, 2.45) is 5.92 Å². The lowest BCUT2D eigenvalue weighted by molar-refractivity contribution is -0.243. The molecule has 1 saturated heterocycles. The number of carbonyl (C=O) groups is 2. The Kier molecular flexibility index (Phi) is 3.86. The number of carbonyl (C=O) groups excluding carboxylic acids is 2. The van der Waals surface area contributed by atoms with Crippen LogP contribution in [-0.2, 0) is 24.5 Å². The van der Waals surface area contributed by atoms with Gasteiger partial charge in [-0.3, -0.25) is 9.59 Å². The van der Waals surface area contributed by atoms with Crippen molar-refractivity contribution >= 4 is 27.9 Å². The van der Waals surface area contributed by atoms with Crippen molar-refractivity contribution in [3.63, 3.8) is 0 Å². The number of hydrogen-bond acceptors (Lipinski definition) is 4. The third-order valence-electron chi connectivity index (χ3n) is 3.51. The fourth-order valence-corrected chi connectivity index (χ4v) is 2.81. The number of halogens is 2. The number of hydrogen-bond donors (Lipinski definition) is 0. The van der Waals surface area contributed by atoms with Crippen LogP contribution in [0.2, 0.25) is 0 Å². The Morgan fingerprint density at radius 1 is 1.19 bits per heavy atom. The summed E-state index contributed by atoms with van der Waals surface area (Å²) in [6, 6.07) is 4.49. The van der Waals surface area contributed by atoms with Crippen LogP contribution in [0.4, 0.5) is 4.39 Å². The summed E-state index contributed by atoms with van der Waals surface area (Å²) in [5.41, 5.74) is -0.834. The second-order valence-electron chi connectivity index (χ2n) is 6.02. The Hall–Kier alpha value is -1.43. The first kappa shape index (κ1) is 15.9. The molecule has 0 radical (unpaired) electrons. The molecule has 1 aromatic rings. The Bertz CT molecular complexity index is 590. The summed E-state index contributed by atoms with van der Waals surface area (Å²) in [5.74, 6) is -4.41. The van der Waals surface area contributed by atoms with Crippen molar-refractivity contribution in [1.82, 2.24) is 0 Å². The van der Waals surface area contributed by atoms with Crippen molar-refractivity contribution in [1.29, 1.82) is 0 Å². The van der Waals surface area contributed by atoms with E-state index in [9.17, 15) is 14.0 Å². The lowest BCUT2D eigenvalue weighted by atomic mass is 9.72. The second kappa shape index (κ2) is 5.09. The molecule has 6 heteroatoms. The molecule has 0 aromatic heterocycles. The lowest BCUT2D eigenvalue weighted by Gasteiger charge is -2.39. The maximum Gasteiger partial charge on any atom is 0.324 e. The van der Waals surface area contributed by atoms with Crippen LogP contribution in [-0.4, -0.2) is 17.7 Å². The molecule has 0 spiro atoms. The van der Waals surface area contributed by atoms with Crippen LogP contribution in [0.5, 0.6) is 0 Å². The fourth-order valence-electron chi connectivity index (χ4n) is 2.48. The van der Waals surface area contributed by atoms with E-state index < -0.39 is 34.9 Å². The minimum absolute atomic E-state index is 0.254. The highest BCUT2D eigenvalue weighted by atomic mass is 79.9. The van der Waals surface area contributed by atoms with Gasteiger partial charge in [0.15, 0.2) is 5.92 Å². The Morgan fingerprint density at radius 2 is 1.71 bits per heavy atom. The standard InChI is InChI=1S/C15H16BrFO4/c1-14(2,9-6-5-8(16)7-10(9)17)11-12(18)20-15(3,4)21-13(11)19/h5-7,11H,1-4H3. The third kappa shape index (κ3) is 2.95. The highest BCUT2D eigenvalue weighted by Gasteiger charge is 2.52. The lowest BCUT2D eigenvalue weighted by Crippen LogP contribution is -2.52. The predicted octanol–water partition coefficient (Wildman–Crippen LogP) is 3.32. The first-order chi connectivity index (χ1) is 9.54. The molecule has 0 saturated carbocycles. The molecule has 0 atom stereocenters. The van der Waals surface area contributed by atoms with Crippen LogP contribution >= 0.6 is 15.9 Å². The van der Waals surface area contributed by atoms with Gasteiger partial charge in [-0.15, -0.1) is 0 Å². The number of cyclic esters (lactones) is 2. The SMILES string of the molecule is CC1(C)OC(=O)C(C(C)(C)c2ccc(Br)cc2F)C(=O)O1. The molecular formula is C15H16BrFO4. The van der Waals surface area contributed by atoms with E-state index in [1.807, 2.05) is 0 Å². The van der Waals surface area contributed by atoms with Crippen molar-refractivity contribution in [3.8, 4) is 0 Å². The van der Waals surface area contributed by atoms with Crippen LogP contribution in [0.3, 0.4) is 0 Å². The highest BCUT2D eigenvalue weighted by molar-refractivity contribution is 9.10. The van der Waals surface area contributed by atoms with E-state index in [2.05, 4.69) is 15.9 Å². The van der Waals surface area contributed by atoms with Crippen molar-refractivity contribution in [2.75, 3.05) is 0 Å². The summed E-state index contributed by atoms with van der Waals surface area (Å²) in [6.07, 6.45) is 0. The molecule has 0 N–H and O–H groups in total. The molecule has 0 amide bonds. The van der Waals surface area contributed by atoms with Gasteiger partial charge in [-0.25, -0.2) is 4.39 Å². The van der Waals surface area contributed by atoms with Gasteiger partial charge in [-0.05, 0) is 17.7 Å². The van der Waals surface area contributed by atoms with E-state index >= 15 is 0 Å². The molecule has 2 rings (SSSR count). The number of benzene rings is 1. The molecule has 21 heavy (non-hydrogen) atoms. The van der Waals surface area contributed by atoms with Gasteiger partial charge < -0.3 is 9.47 Å². The van der Waals surface area contributed by atoms with Crippen LogP contribution in [0, 0.1) is 11.7 Å². The zero-order chi connectivity index (χ0) is 16.0. The van der Waals surface area contributed by atoms with E-state index in [1.54, 1.807) is 26.0 Å². The summed E-state index contributed by atoms with van der Waals surface area (Å²) in [4.78, 5) is 24.3. The summed E-state index contributed by atoms with van der Waals surface area (Å²) >= 11 is 3.17.